The van der Waals surface area contributed by atoms with Crippen molar-refractivity contribution in [1.29, 1.82) is 0 Å². The van der Waals surface area contributed by atoms with Gasteiger partial charge in [0.2, 0.25) is 0 Å². The fourth-order valence-corrected chi connectivity index (χ4v) is 4.58. The maximum Gasteiger partial charge on any atom is 0.391 e. The normalized spacial score (nSPS) is 23.1. The van der Waals surface area contributed by atoms with Crippen molar-refractivity contribution in [1.82, 2.24) is 5.32 Å². The van der Waals surface area contributed by atoms with Gasteiger partial charge >= 0.3 is 12.1 Å². The Labute approximate surface area is 195 Å². The third kappa shape index (κ3) is 4.75. The molecule has 2 aliphatic rings. The Bertz CT molecular complexity index is 1070. The zero-order chi connectivity index (χ0) is 24.5. The van der Waals surface area contributed by atoms with E-state index < -0.39 is 29.5 Å². The molecule has 1 aliphatic heterocycles. The summed E-state index contributed by atoms with van der Waals surface area (Å²) in [6, 6.07) is 12.6. The lowest BCUT2D eigenvalue weighted by Gasteiger charge is -2.38. The number of carboxylic acids is 1. The van der Waals surface area contributed by atoms with Gasteiger partial charge in [-0.3, -0.25) is 4.79 Å². The molecule has 9 heteroatoms. The number of ether oxygens (including phenoxy) is 2. The Kier molecular flexibility index (Phi) is 6.58. The summed E-state index contributed by atoms with van der Waals surface area (Å²) in [4.78, 5) is 25.1. The van der Waals surface area contributed by atoms with E-state index in [2.05, 4.69) is 5.32 Å². The number of nitrogens with one attached hydrogen (secondary N) is 1. The van der Waals surface area contributed by atoms with Crippen molar-refractivity contribution in [2.45, 2.75) is 43.3 Å². The fraction of sp³-hybridized carbons (Fsp3) is 0.440. The van der Waals surface area contributed by atoms with E-state index in [4.69, 9.17) is 9.47 Å². The fourth-order valence-electron chi connectivity index (χ4n) is 4.58. The van der Waals surface area contributed by atoms with Crippen LogP contribution < -0.4 is 10.1 Å². The number of carbonyl (C=O) groups is 2. The van der Waals surface area contributed by atoms with Gasteiger partial charge in [-0.25, -0.2) is 4.79 Å². The van der Waals surface area contributed by atoms with Crippen LogP contribution in [0.25, 0.3) is 11.1 Å². The summed E-state index contributed by atoms with van der Waals surface area (Å²) in [7, 11) is 1.51. The van der Waals surface area contributed by atoms with E-state index >= 15 is 0 Å². The molecule has 0 radical (unpaired) electrons. The quantitative estimate of drug-likeness (QED) is 0.626. The number of carbonyl (C=O) groups excluding carboxylic acids is 1. The molecule has 1 amide bonds. The van der Waals surface area contributed by atoms with Crippen LogP contribution in [0.2, 0.25) is 0 Å². The molecule has 0 spiro atoms. The number of methoxy groups -OCH3 is 1. The summed E-state index contributed by atoms with van der Waals surface area (Å²) < 4.78 is 49.9. The minimum atomic E-state index is -4.38. The maximum absolute atomic E-state index is 13.1. The highest BCUT2D eigenvalue weighted by Gasteiger charge is 2.49. The molecule has 2 aromatic carbocycles. The number of benzene rings is 2. The number of aliphatic carboxylic acids is 1. The first kappa shape index (κ1) is 24.1. The molecule has 1 heterocycles. The Morgan fingerprint density at radius 3 is 2.38 bits per heavy atom. The summed E-state index contributed by atoms with van der Waals surface area (Å²) in [5, 5.41) is 12.3. The van der Waals surface area contributed by atoms with Crippen molar-refractivity contribution in [2.24, 2.45) is 5.92 Å². The van der Waals surface area contributed by atoms with Crippen LogP contribution in [0.15, 0.2) is 42.5 Å². The zero-order valence-electron chi connectivity index (χ0n) is 18.7. The van der Waals surface area contributed by atoms with Gasteiger partial charge in [0.25, 0.3) is 5.91 Å². The number of alkyl halides is 3. The van der Waals surface area contributed by atoms with Gasteiger partial charge in [-0.05, 0) is 55.0 Å². The second-order valence-electron chi connectivity index (χ2n) is 8.93. The number of hydrogen-bond acceptors (Lipinski definition) is 4. The van der Waals surface area contributed by atoms with Gasteiger partial charge in [-0.1, -0.05) is 24.3 Å². The highest BCUT2D eigenvalue weighted by molar-refractivity contribution is 5.99. The molecule has 1 saturated heterocycles. The molecule has 1 aliphatic carbocycles. The molecule has 2 aromatic rings. The van der Waals surface area contributed by atoms with E-state index in [1.165, 1.54) is 13.2 Å². The molecule has 0 atom stereocenters. The lowest BCUT2D eigenvalue weighted by Crippen LogP contribution is -2.57. The average molecular weight is 477 g/mol. The monoisotopic (exact) mass is 477 g/mol. The first-order valence-electron chi connectivity index (χ1n) is 11.1. The standard InChI is InChI=1S/C25H26F3NO5/c1-33-21-6-5-17(12-20(21)16-4-2-3-15(11-16)18-13-34-14-18)22(30)29-24(23(31)32)9-7-19(8-10-24)25(26,27)28/h2-6,11-12,18-19H,7-10,13-14H2,1H3,(H,29,30)(H,31,32)/t19-,24+. The molecule has 0 unspecified atom stereocenters. The van der Waals surface area contributed by atoms with Crippen LogP contribution in [0.4, 0.5) is 13.2 Å². The number of hydrogen-bond donors (Lipinski definition) is 2. The molecular weight excluding hydrogens is 451 g/mol. The van der Waals surface area contributed by atoms with Crippen molar-refractivity contribution in [2.75, 3.05) is 20.3 Å². The highest BCUT2D eigenvalue weighted by Crippen LogP contribution is 2.41. The Morgan fingerprint density at radius 1 is 1.12 bits per heavy atom. The second-order valence-corrected chi connectivity index (χ2v) is 8.93. The molecule has 182 valence electrons. The molecule has 2 N–H and O–H groups in total. The molecule has 1 saturated carbocycles. The SMILES string of the molecule is COc1ccc(C(=O)N[C@]2(C(=O)O)CC[C@H](C(F)(F)F)CC2)cc1-c1cccc(C2COC2)c1. The number of halogens is 3. The first-order chi connectivity index (χ1) is 16.1. The molecule has 34 heavy (non-hydrogen) atoms. The van der Waals surface area contributed by atoms with Crippen LogP contribution in [-0.4, -0.2) is 49.0 Å². The predicted molar refractivity (Wildman–Crippen MR) is 118 cm³/mol. The van der Waals surface area contributed by atoms with Gasteiger partial charge in [0.05, 0.1) is 26.2 Å². The average Bonchev–Trinajstić information content (AvgIpc) is 2.77. The molecule has 6 nitrogen and oxygen atoms in total. The van der Waals surface area contributed by atoms with Crippen molar-refractivity contribution >= 4 is 11.9 Å². The lowest BCUT2D eigenvalue weighted by molar-refractivity contribution is -0.187. The Morgan fingerprint density at radius 2 is 1.82 bits per heavy atom. The topological polar surface area (TPSA) is 84.9 Å². The van der Waals surface area contributed by atoms with Crippen LogP contribution in [-0.2, 0) is 9.53 Å². The summed E-state index contributed by atoms with van der Waals surface area (Å²) in [5.41, 5.74) is 1.05. The third-order valence-electron chi connectivity index (χ3n) is 6.83. The van der Waals surface area contributed by atoms with E-state index in [1.54, 1.807) is 12.1 Å². The van der Waals surface area contributed by atoms with E-state index in [-0.39, 0.29) is 31.2 Å². The predicted octanol–water partition coefficient (Wildman–Crippen LogP) is 4.78. The summed E-state index contributed by atoms with van der Waals surface area (Å²) in [6.45, 7) is 1.30. The summed E-state index contributed by atoms with van der Waals surface area (Å²) in [5.74, 6) is -2.69. The lowest BCUT2D eigenvalue weighted by atomic mass is 9.76. The maximum atomic E-state index is 13.1. The zero-order valence-corrected chi connectivity index (χ0v) is 18.7. The van der Waals surface area contributed by atoms with Crippen LogP contribution in [0.3, 0.4) is 0 Å². The van der Waals surface area contributed by atoms with Crippen molar-refractivity contribution in [3.05, 3.63) is 53.6 Å². The van der Waals surface area contributed by atoms with E-state index in [1.807, 2.05) is 24.3 Å². The second kappa shape index (κ2) is 9.29. The minimum absolute atomic E-state index is 0.201. The smallest absolute Gasteiger partial charge is 0.391 e. The van der Waals surface area contributed by atoms with Crippen LogP contribution in [0.1, 0.15) is 47.5 Å². The van der Waals surface area contributed by atoms with Gasteiger partial charge in [0, 0.05) is 17.0 Å². The van der Waals surface area contributed by atoms with Gasteiger partial charge in [-0.2, -0.15) is 13.2 Å². The minimum Gasteiger partial charge on any atom is -0.496 e. The Balaban J connectivity index is 1.58. The first-order valence-corrected chi connectivity index (χ1v) is 11.1. The van der Waals surface area contributed by atoms with Gasteiger partial charge < -0.3 is 19.9 Å². The molecule has 4 rings (SSSR count). The van der Waals surface area contributed by atoms with Crippen molar-refractivity contribution in [3.8, 4) is 16.9 Å². The largest absolute Gasteiger partial charge is 0.496 e. The highest BCUT2D eigenvalue weighted by atomic mass is 19.4. The molecule has 0 aromatic heterocycles. The van der Waals surface area contributed by atoms with Crippen LogP contribution in [0.5, 0.6) is 5.75 Å². The number of amides is 1. The summed E-state index contributed by atoms with van der Waals surface area (Å²) in [6.07, 6.45) is -5.64. The molecule has 2 fully saturated rings. The van der Waals surface area contributed by atoms with Crippen molar-refractivity contribution < 1.29 is 37.3 Å². The van der Waals surface area contributed by atoms with Gasteiger partial charge in [0.1, 0.15) is 11.3 Å². The van der Waals surface area contributed by atoms with Gasteiger partial charge in [0.15, 0.2) is 0 Å². The van der Waals surface area contributed by atoms with Gasteiger partial charge in [-0.15, -0.1) is 0 Å². The van der Waals surface area contributed by atoms with Crippen molar-refractivity contribution in [3.63, 3.8) is 0 Å². The third-order valence-corrected chi connectivity index (χ3v) is 6.83. The molecule has 0 bridgehead atoms. The van der Waals surface area contributed by atoms with E-state index in [9.17, 15) is 27.9 Å². The number of rotatable bonds is 6. The number of carboxylic acid groups (broad SMARTS) is 1. The summed E-state index contributed by atoms with van der Waals surface area (Å²) >= 11 is 0. The Hall–Kier alpha value is -3.07. The van der Waals surface area contributed by atoms with E-state index in [0.717, 1.165) is 11.1 Å². The van der Waals surface area contributed by atoms with E-state index in [0.29, 0.717) is 30.4 Å². The van der Waals surface area contributed by atoms with Crippen LogP contribution in [0, 0.1) is 5.92 Å². The van der Waals surface area contributed by atoms with Crippen LogP contribution >= 0.6 is 0 Å². The molecular formula is C25H26F3NO5.